The molecule has 0 spiro atoms. The van der Waals surface area contributed by atoms with Crippen LogP contribution in [-0.4, -0.2) is 19.8 Å². The van der Waals surface area contributed by atoms with Crippen LogP contribution in [0.2, 0.25) is 0 Å². The highest BCUT2D eigenvalue weighted by Gasteiger charge is 2.15. The fourth-order valence-corrected chi connectivity index (χ4v) is 2.53. The Morgan fingerprint density at radius 2 is 1.79 bits per heavy atom. The highest BCUT2D eigenvalue weighted by atomic mass is 16.3. The molecule has 2 aromatic carbocycles. The zero-order valence-corrected chi connectivity index (χ0v) is 13.9. The Kier molecular flexibility index (Phi) is 3.72. The second-order valence-electron chi connectivity index (χ2n) is 6.88. The van der Waals surface area contributed by atoms with Gasteiger partial charge in [-0.1, -0.05) is 45.1 Å². The number of hydrogen-bond acceptors (Lipinski definition) is 3. The maximum absolute atomic E-state index is 12.3. The topological polar surface area (TPSA) is 78.2 Å². The molecule has 3 aromatic rings. The number of nitrogens with one attached hydrogen (secondary N) is 1. The Morgan fingerprint density at radius 1 is 1.08 bits per heavy atom. The number of nitrogens with zero attached hydrogens (tertiary/aromatic N) is 1. The Morgan fingerprint density at radius 3 is 2.50 bits per heavy atom. The average Bonchev–Trinajstić information content (AvgIpc) is 2.81. The molecule has 0 bridgehead atoms. The van der Waals surface area contributed by atoms with Crippen LogP contribution in [0.25, 0.3) is 22.8 Å². The molecule has 1 aromatic heterocycles. The monoisotopic (exact) mass is 324 g/mol. The van der Waals surface area contributed by atoms with E-state index < -0.39 is 0 Å². The highest BCUT2D eigenvalue weighted by Crippen LogP contribution is 2.32. The molecule has 0 aliphatic carbocycles. The number of rotatable bonds is 2. The average molecular weight is 324 g/mol. The van der Waals surface area contributed by atoms with E-state index in [9.17, 15) is 15.0 Å². The minimum absolute atomic E-state index is 0.0374. The number of H-pyrrole nitrogens is 1. The molecular weight excluding hydrogens is 304 g/mol. The van der Waals surface area contributed by atoms with Crippen LogP contribution < -0.4 is 5.69 Å². The number of aromatic nitrogens is 2. The maximum atomic E-state index is 12.3. The third-order valence-corrected chi connectivity index (χ3v) is 3.72. The number of allylic oxidation sites excluding steroid dienone is 1. The molecule has 0 unspecified atom stereocenters. The Labute approximate surface area is 139 Å². The molecule has 0 fully saturated rings. The van der Waals surface area contributed by atoms with Gasteiger partial charge in [-0.2, -0.15) is 0 Å². The van der Waals surface area contributed by atoms with Crippen LogP contribution in [-0.2, 0) is 0 Å². The number of benzene rings is 2. The van der Waals surface area contributed by atoms with Gasteiger partial charge in [-0.3, -0.25) is 4.57 Å². The van der Waals surface area contributed by atoms with Gasteiger partial charge >= 0.3 is 5.69 Å². The van der Waals surface area contributed by atoms with Gasteiger partial charge in [0.05, 0.1) is 16.7 Å². The quantitative estimate of drug-likeness (QED) is 0.671. The van der Waals surface area contributed by atoms with E-state index in [1.54, 1.807) is 24.3 Å². The van der Waals surface area contributed by atoms with E-state index in [-0.39, 0.29) is 22.6 Å². The van der Waals surface area contributed by atoms with Gasteiger partial charge in [0.2, 0.25) is 0 Å². The largest absolute Gasteiger partial charge is 0.507 e. The van der Waals surface area contributed by atoms with Gasteiger partial charge in [0.15, 0.2) is 0 Å². The lowest BCUT2D eigenvalue weighted by atomic mass is 9.95. The fraction of sp³-hybridized carbons (Fsp3) is 0.211. The molecule has 0 aliphatic rings. The van der Waals surface area contributed by atoms with E-state index in [0.29, 0.717) is 22.3 Å². The molecule has 24 heavy (non-hydrogen) atoms. The number of aromatic hydroxyl groups is 2. The van der Waals surface area contributed by atoms with E-state index >= 15 is 0 Å². The predicted octanol–water partition coefficient (Wildman–Crippen LogP) is 3.79. The number of phenolic OH excluding ortho intramolecular Hbond substituents is 2. The van der Waals surface area contributed by atoms with Crippen molar-refractivity contribution in [1.29, 1.82) is 0 Å². The molecule has 0 radical (unpaired) electrons. The first-order chi connectivity index (χ1) is 11.3. The molecule has 0 atom stereocenters. The number of para-hydroxylation sites is 2. The van der Waals surface area contributed by atoms with Crippen molar-refractivity contribution in [1.82, 2.24) is 9.55 Å². The summed E-state index contributed by atoms with van der Waals surface area (Å²) in [5.74, 6) is -0.197. The van der Waals surface area contributed by atoms with E-state index in [1.165, 1.54) is 10.6 Å². The second kappa shape index (κ2) is 5.60. The Balaban J connectivity index is 2.23. The molecule has 5 nitrogen and oxygen atoms in total. The lowest BCUT2D eigenvalue weighted by molar-refractivity contribution is 0.448. The van der Waals surface area contributed by atoms with Crippen molar-refractivity contribution in [2.75, 3.05) is 0 Å². The third kappa shape index (κ3) is 2.93. The molecule has 0 saturated carbocycles. The van der Waals surface area contributed by atoms with Crippen LogP contribution in [0.1, 0.15) is 26.3 Å². The summed E-state index contributed by atoms with van der Waals surface area (Å²) in [5, 5.41) is 20.3. The third-order valence-electron chi connectivity index (χ3n) is 3.72. The lowest BCUT2D eigenvalue weighted by Gasteiger charge is -2.13. The van der Waals surface area contributed by atoms with Crippen LogP contribution in [0.5, 0.6) is 11.5 Å². The maximum Gasteiger partial charge on any atom is 0.331 e. The second-order valence-corrected chi connectivity index (χ2v) is 6.88. The van der Waals surface area contributed by atoms with Gasteiger partial charge in [-0.15, -0.1) is 0 Å². The first-order valence-corrected chi connectivity index (χ1v) is 7.71. The zero-order chi connectivity index (χ0) is 17.5. The van der Waals surface area contributed by atoms with Gasteiger partial charge in [-0.25, -0.2) is 4.79 Å². The molecule has 3 N–H and O–H groups in total. The number of hydrogen-bond donors (Lipinski definition) is 3. The zero-order valence-electron chi connectivity index (χ0n) is 13.9. The number of imidazole rings is 1. The first-order valence-electron chi connectivity index (χ1n) is 7.71. The summed E-state index contributed by atoms with van der Waals surface area (Å²) >= 11 is 0. The van der Waals surface area contributed by atoms with Gasteiger partial charge in [0, 0.05) is 11.6 Å². The SMILES string of the molecule is CC(C)(C)/C=C/c1cc(-n2c(=O)[nH]c3ccccc32)c(O)cc1O. The van der Waals surface area contributed by atoms with Crippen molar-refractivity contribution in [3.05, 3.63) is 58.5 Å². The standard InChI is InChI=1S/C19H20N2O3/c1-19(2,3)9-8-12-10-15(17(23)11-16(12)22)21-14-7-5-4-6-13(14)20-18(21)24/h4-11,22-23H,1-3H3,(H,20,24)/b9-8+. The summed E-state index contributed by atoms with van der Waals surface area (Å²) in [4.78, 5) is 15.1. The van der Waals surface area contributed by atoms with E-state index in [0.717, 1.165) is 0 Å². The van der Waals surface area contributed by atoms with Crippen molar-refractivity contribution >= 4 is 17.1 Å². The van der Waals surface area contributed by atoms with Crippen LogP contribution in [0.4, 0.5) is 0 Å². The Bertz CT molecular complexity index is 988. The van der Waals surface area contributed by atoms with Gasteiger partial charge < -0.3 is 15.2 Å². The Hall–Kier alpha value is -2.95. The van der Waals surface area contributed by atoms with E-state index in [1.807, 2.05) is 39.0 Å². The lowest BCUT2D eigenvalue weighted by Crippen LogP contribution is -2.14. The smallest absolute Gasteiger partial charge is 0.331 e. The number of phenols is 2. The molecule has 0 saturated heterocycles. The van der Waals surface area contributed by atoms with Crippen LogP contribution >= 0.6 is 0 Å². The molecule has 0 amide bonds. The van der Waals surface area contributed by atoms with Crippen LogP contribution in [0.3, 0.4) is 0 Å². The summed E-state index contributed by atoms with van der Waals surface area (Å²) in [7, 11) is 0. The van der Waals surface area contributed by atoms with E-state index in [2.05, 4.69) is 4.98 Å². The molecule has 5 heteroatoms. The molecule has 3 rings (SSSR count). The van der Waals surface area contributed by atoms with Gasteiger partial charge in [0.25, 0.3) is 0 Å². The first kappa shape index (κ1) is 15.9. The molecule has 0 aliphatic heterocycles. The minimum Gasteiger partial charge on any atom is -0.507 e. The van der Waals surface area contributed by atoms with Crippen molar-refractivity contribution in [2.24, 2.45) is 5.41 Å². The summed E-state index contributed by atoms with van der Waals surface area (Å²) in [5.41, 5.74) is 1.81. The van der Waals surface area contributed by atoms with Gasteiger partial charge in [-0.05, 0) is 23.6 Å². The van der Waals surface area contributed by atoms with Crippen molar-refractivity contribution < 1.29 is 10.2 Å². The number of aromatic amines is 1. The van der Waals surface area contributed by atoms with Crippen LogP contribution in [0.15, 0.2) is 47.3 Å². The van der Waals surface area contributed by atoms with Crippen molar-refractivity contribution in [3.8, 4) is 17.2 Å². The minimum atomic E-state index is -0.344. The van der Waals surface area contributed by atoms with Crippen LogP contribution in [0, 0.1) is 5.41 Å². The van der Waals surface area contributed by atoms with Crippen molar-refractivity contribution in [3.63, 3.8) is 0 Å². The summed E-state index contributed by atoms with van der Waals surface area (Å²) in [6.07, 6.45) is 3.75. The summed E-state index contributed by atoms with van der Waals surface area (Å²) in [6, 6.07) is 10.1. The summed E-state index contributed by atoms with van der Waals surface area (Å²) in [6.45, 7) is 6.14. The molecular formula is C19H20N2O3. The molecule has 1 heterocycles. The number of fused-ring (bicyclic) bond motifs is 1. The summed E-state index contributed by atoms with van der Waals surface area (Å²) < 4.78 is 1.40. The normalized spacial score (nSPS) is 12.3. The van der Waals surface area contributed by atoms with Crippen molar-refractivity contribution in [2.45, 2.75) is 20.8 Å². The van der Waals surface area contributed by atoms with Gasteiger partial charge in [0.1, 0.15) is 11.5 Å². The highest BCUT2D eigenvalue weighted by molar-refractivity contribution is 5.78. The predicted molar refractivity (Wildman–Crippen MR) is 95.7 cm³/mol. The van der Waals surface area contributed by atoms with E-state index in [4.69, 9.17) is 0 Å². The fourth-order valence-electron chi connectivity index (χ4n) is 2.53. The molecule has 124 valence electrons.